The summed E-state index contributed by atoms with van der Waals surface area (Å²) >= 11 is 0. The van der Waals surface area contributed by atoms with Gasteiger partial charge in [-0.05, 0) is 56.8 Å². The van der Waals surface area contributed by atoms with Crippen LogP contribution in [0.1, 0.15) is 37.6 Å². The first kappa shape index (κ1) is 20.2. The van der Waals surface area contributed by atoms with Gasteiger partial charge < -0.3 is 10.1 Å². The van der Waals surface area contributed by atoms with Crippen LogP contribution in [-0.4, -0.2) is 26.6 Å². The van der Waals surface area contributed by atoms with Gasteiger partial charge in [-0.15, -0.1) is 0 Å². The van der Waals surface area contributed by atoms with Gasteiger partial charge in [0.1, 0.15) is 0 Å². The average Bonchev–Trinajstić information content (AvgIpc) is 2.65. The van der Waals surface area contributed by atoms with Crippen LogP contribution in [0.4, 0.5) is 4.79 Å². The fourth-order valence-electron chi connectivity index (χ4n) is 3.37. The van der Waals surface area contributed by atoms with E-state index in [-0.39, 0.29) is 12.1 Å². The van der Waals surface area contributed by atoms with E-state index in [0.29, 0.717) is 22.0 Å². The normalized spacial score (nSPS) is 11.3. The molecule has 2 aromatic carbocycles. The van der Waals surface area contributed by atoms with Crippen molar-refractivity contribution in [2.75, 3.05) is 0 Å². The summed E-state index contributed by atoms with van der Waals surface area (Å²) in [5.41, 5.74) is 2.63. The van der Waals surface area contributed by atoms with Crippen LogP contribution < -0.4 is 5.56 Å². The predicted molar refractivity (Wildman–Crippen MR) is 113 cm³/mol. The number of benzene rings is 2. The summed E-state index contributed by atoms with van der Waals surface area (Å²) in [6.07, 6.45) is -1.07. The summed E-state index contributed by atoms with van der Waals surface area (Å²) in [6.45, 7) is 7.41. The smallest absolute Gasteiger partial charge is 0.408 e. The molecule has 3 aromatic rings. The second kappa shape index (κ2) is 7.44. The molecule has 3 rings (SSSR count). The largest absolute Gasteiger partial charge is 0.465 e. The zero-order valence-corrected chi connectivity index (χ0v) is 16.9. The summed E-state index contributed by atoms with van der Waals surface area (Å²) in [4.78, 5) is 28.8. The van der Waals surface area contributed by atoms with Crippen molar-refractivity contribution in [1.82, 2.24) is 9.88 Å². The zero-order chi connectivity index (χ0) is 21.3. The molecule has 0 saturated heterocycles. The van der Waals surface area contributed by atoms with E-state index in [1.54, 1.807) is 39.0 Å². The molecule has 1 aromatic heterocycles. The number of hydrogen-bond donors (Lipinski definition) is 2. The molecule has 0 spiro atoms. The first-order valence-corrected chi connectivity index (χ1v) is 9.28. The number of rotatable bonds is 3. The third-order valence-electron chi connectivity index (χ3n) is 4.93. The second-order valence-electron chi connectivity index (χ2n) is 8.09. The Morgan fingerprint density at radius 3 is 2.34 bits per heavy atom. The van der Waals surface area contributed by atoms with Gasteiger partial charge in [0, 0.05) is 22.2 Å². The van der Waals surface area contributed by atoms with E-state index in [1.165, 1.54) is 4.90 Å². The Bertz CT molecular complexity index is 1180. The Morgan fingerprint density at radius 1 is 1.14 bits per heavy atom. The van der Waals surface area contributed by atoms with Crippen LogP contribution in [0.5, 0.6) is 0 Å². The van der Waals surface area contributed by atoms with Crippen LogP contribution in [-0.2, 0) is 6.54 Å². The highest BCUT2D eigenvalue weighted by Crippen LogP contribution is 2.32. The van der Waals surface area contributed by atoms with Crippen molar-refractivity contribution in [1.29, 1.82) is 5.26 Å². The Balaban J connectivity index is 2.35. The molecule has 0 fully saturated rings. The maximum absolute atomic E-state index is 12.7. The molecule has 0 unspecified atom stereocenters. The van der Waals surface area contributed by atoms with Gasteiger partial charge in [0.05, 0.1) is 18.2 Å². The maximum atomic E-state index is 12.7. The lowest BCUT2D eigenvalue weighted by atomic mass is 9.94. The Morgan fingerprint density at radius 2 is 1.79 bits per heavy atom. The van der Waals surface area contributed by atoms with E-state index in [0.717, 1.165) is 16.7 Å². The number of carbonyl (C=O) groups is 1. The van der Waals surface area contributed by atoms with Crippen molar-refractivity contribution >= 4 is 16.9 Å². The lowest BCUT2D eigenvalue weighted by Gasteiger charge is -2.33. The number of nitriles is 1. The van der Waals surface area contributed by atoms with Gasteiger partial charge in [-0.25, -0.2) is 4.79 Å². The molecule has 6 heteroatoms. The van der Waals surface area contributed by atoms with E-state index >= 15 is 0 Å². The third-order valence-corrected chi connectivity index (χ3v) is 4.93. The summed E-state index contributed by atoms with van der Waals surface area (Å²) < 4.78 is 0. The van der Waals surface area contributed by atoms with Gasteiger partial charge in [-0.3, -0.25) is 9.69 Å². The molecule has 0 bridgehead atoms. The fourth-order valence-corrected chi connectivity index (χ4v) is 3.37. The lowest BCUT2D eigenvalue weighted by molar-refractivity contribution is 0.0948. The van der Waals surface area contributed by atoms with Gasteiger partial charge in [0.2, 0.25) is 0 Å². The first-order valence-electron chi connectivity index (χ1n) is 9.28. The summed E-state index contributed by atoms with van der Waals surface area (Å²) in [5.74, 6) is 0. The standard InChI is InChI=1S/C23H23N3O3/c1-14-5-8-16(9-6-14)20-18-11-15(12-24)7-10-17(18)21(27)25-19(20)13-26(22(28)29)23(2,3)4/h5-11H,13H2,1-4H3,(H,25,27)(H,28,29). The molecule has 0 aliphatic heterocycles. The molecule has 0 radical (unpaired) electrons. The van der Waals surface area contributed by atoms with Gasteiger partial charge in [0.15, 0.2) is 0 Å². The minimum atomic E-state index is -1.07. The Hall–Kier alpha value is -3.59. The molecule has 1 heterocycles. The second-order valence-corrected chi connectivity index (χ2v) is 8.09. The van der Waals surface area contributed by atoms with Gasteiger partial charge in [-0.2, -0.15) is 5.26 Å². The molecular weight excluding hydrogens is 366 g/mol. The number of aromatic amines is 1. The molecule has 0 saturated carbocycles. The minimum absolute atomic E-state index is 0.0179. The van der Waals surface area contributed by atoms with Crippen LogP contribution in [0, 0.1) is 18.3 Å². The fraction of sp³-hybridized carbons (Fsp3) is 0.261. The maximum Gasteiger partial charge on any atom is 0.408 e. The number of aromatic nitrogens is 1. The predicted octanol–water partition coefficient (Wildman–Crippen LogP) is 4.65. The van der Waals surface area contributed by atoms with Crippen molar-refractivity contribution in [2.24, 2.45) is 0 Å². The summed E-state index contributed by atoms with van der Waals surface area (Å²) in [6, 6.07) is 14.8. The minimum Gasteiger partial charge on any atom is -0.465 e. The number of hydrogen-bond acceptors (Lipinski definition) is 3. The zero-order valence-electron chi connectivity index (χ0n) is 16.9. The molecule has 6 nitrogen and oxygen atoms in total. The van der Waals surface area contributed by atoms with Gasteiger partial charge in [-0.1, -0.05) is 29.8 Å². The topological polar surface area (TPSA) is 97.2 Å². The number of nitrogens with one attached hydrogen (secondary N) is 1. The van der Waals surface area contributed by atoms with Crippen LogP contribution >= 0.6 is 0 Å². The van der Waals surface area contributed by atoms with Crippen LogP contribution in [0.25, 0.3) is 21.9 Å². The third kappa shape index (κ3) is 3.99. The number of amides is 1. The monoisotopic (exact) mass is 389 g/mol. The van der Waals surface area contributed by atoms with E-state index in [2.05, 4.69) is 11.1 Å². The van der Waals surface area contributed by atoms with Crippen molar-refractivity contribution in [2.45, 2.75) is 39.8 Å². The number of nitrogens with zero attached hydrogens (tertiary/aromatic N) is 2. The summed E-state index contributed by atoms with van der Waals surface area (Å²) in [7, 11) is 0. The van der Waals surface area contributed by atoms with Crippen molar-refractivity contribution < 1.29 is 9.90 Å². The van der Waals surface area contributed by atoms with E-state index < -0.39 is 11.6 Å². The van der Waals surface area contributed by atoms with Crippen molar-refractivity contribution in [3.8, 4) is 17.2 Å². The number of fused-ring (bicyclic) bond motifs is 1. The van der Waals surface area contributed by atoms with Crippen LogP contribution in [0.3, 0.4) is 0 Å². The van der Waals surface area contributed by atoms with E-state index in [1.807, 2.05) is 31.2 Å². The highest BCUT2D eigenvalue weighted by Gasteiger charge is 2.28. The number of H-pyrrole nitrogens is 1. The molecule has 0 aliphatic rings. The average molecular weight is 389 g/mol. The highest BCUT2D eigenvalue weighted by atomic mass is 16.4. The molecule has 148 valence electrons. The van der Waals surface area contributed by atoms with E-state index in [9.17, 15) is 20.0 Å². The van der Waals surface area contributed by atoms with E-state index in [4.69, 9.17) is 0 Å². The highest BCUT2D eigenvalue weighted by molar-refractivity contribution is 5.98. The Labute approximate surface area is 169 Å². The number of carboxylic acid groups (broad SMARTS) is 1. The molecular formula is C23H23N3O3. The van der Waals surface area contributed by atoms with Gasteiger partial charge in [0.25, 0.3) is 5.56 Å². The number of aryl methyl sites for hydroxylation is 1. The van der Waals surface area contributed by atoms with Crippen molar-refractivity contribution in [3.63, 3.8) is 0 Å². The SMILES string of the molecule is Cc1ccc(-c2c(CN(C(=O)O)C(C)(C)C)[nH]c(=O)c3ccc(C#N)cc23)cc1. The summed E-state index contributed by atoms with van der Waals surface area (Å²) in [5, 5.41) is 20.1. The van der Waals surface area contributed by atoms with Crippen molar-refractivity contribution in [3.05, 3.63) is 69.6 Å². The molecule has 2 N–H and O–H groups in total. The quantitative estimate of drug-likeness (QED) is 0.681. The molecule has 29 heavy (non-hydrogen) atoms. The molecule has 0 aliphatic carbocycles. The number of pyridine rings is 1. The van der Waals surface area contributed by atoms with Crippen LogP contribution in [0.15, 0.2) is 47.3 Å². The molecule has 0 atom stereocenters. The Kier molecular flexibility index (Phi) is 5.17. The molecule has 1 amide bonds. The first-order chi connectivity index (χ1) is 13.6. The van der Waals surface area contributed by atoms with Crippen LogP contribution in [0.2, 0.25) is 0 Å². The van der Waals surface area contributed by atoms with Gasteiger partial charge >= 0.3 is 6.09 Å². The lowest BCUT2D eigenvalue weighted by Crippen LogP contribution is -2.44.